The van der Waals surface area contributed by atoms with Crippen molar-refractivity contribution in [1.82, 2.24) is 0 Å². The maximum absolute atomic E-state index is 12.8. The van der Waals surface area contributed by atoms with E-state index in [0.29, 0.717) is 40.5 Å². The molecule has 0 bridgehead atoms. The number of carbonyl (C=O) groups excluding carboxylic acids is 4. The topological polar surface area (TPSA) is 169 Å². The Hall–Kier alpha value is -5.83. The van der Waals surface area contributed by atoms with E-state index in [4.69, 9.17) is 14.3 Å². The van der Waals surface area contributed by atoms with Crippen LogP contribution in [0, 0.1) is 26.2 Å². The van der Waals surface area contributed by atoms with E-state index in [0.717, 1.165) is 16.7 Å². The van der Waals surface area contributed by atoms with Crippen LogP contribution in [0.3, 0.4) is 0 Å². The zero-order chi connectivity index (χ0) is 33.5. The van der Waals surface area contributed by atoms with Crippen LogP contribution < -0.4 is 16.1 Å². The number of nitrogens with zero attached hydrogens (tertiary/aromatic N) is 3. The maximum atomic E-state index is 12.8. The highest BCUT2D eigenvalue weighted by molar-refractivity contribution is 5.85. The van der Waals surface area contributed by atoms with Crippen LogP contribution in [0.2, 0.25) is 0 Å². The molecule has 0 saturated heterocycles. The van der Waals surface area contributed by atoms with Gasteiger partial charge in [0.15, 0.2) is 5.88 Å². The zero-order valence-corrected chi connectivity index (χ0v) is 25.9. The van der Waals surface area contributed by atoms with Crippen LogP contribution in [0.25, 0.3) is 0 Å². The molecular weight excluding hydrogens is 592 g/mol. The number of rotatable bonds is 16. The number of aliphatic imine (C=N–C) groups is 3. The number of benzene rings is 3. The number of aryl methyl sites for hydroxylation is 3. The van der Waals surface area contributed by atoms with Gasteiger partial charge in [0, 0.05) is 11.4 Å². The largest absolute Gasteiger partial charge is 0.479 e. The predicted octanol–water partition coefficient (Wildman–Crippen LogP) is 7.10. The van der Waals surface area contributed by atoms with Gasteiger partial charge in [-0.05, 0) is 86.9 Å². The molecule has 13 heteroatoms. The molecule has 0 aliphatic carbocycles. The summed E-state index contributed by atoms with van der Waals surface area (Å²) in [6.07, 6.45) is 4.27. The van der Waals surface area contributed by atoms with E-state index in [1.807, 2.05) is 20.8 Å². The molecule has 3 N–H and O–H groups in total. The molecule has 0 heterocycles. The summed E-state index contributed by atoms with van der Waals surface area (Å²) < 4.78 is 11.6. The Balaban J connectivity index is 1.73. The lowest BCUT2D eigenvalue weighted by Gasteiger charge is -2.32. The van der Waals surface area contributed by atoms with Crippen molar-refractivity contribution in [1.29, 1.82) is 0 Å². The van der Waals surface area contributed by atoms with Crippen molar-refractivity contribution in [3.8, 4) is 0 Å². The Morgan fingerprint density at radius 3 is 1.67 bits per heavy atom. The fourth-order valence-electron chi connectivity index (χ4n) is 4.07. The van der Waals surface area contributed by atoms with E-state index in [-0.39, 0.29) is 25.7 Å². The highest BCUT2D eigenvalue weighted by Crippen LogP contribution is 2.29. The van der Waals surface area contributed by atoms with Crippen molar-refractivity contribution in [2.75, 3.05) is 35.9 Å². The first-order chi connectivity index (χ1) is 22.1. The lowest BCUT2D eigenvalue weighted by molar-refractivity contribution is -0.0267. The molecule has 0 aromatic heterocycles. The van der Waals surface area contributed by atoms with Crippen molar-refractivity contribution in [3.63, 3.8) is 0 Å². The third-order valence-corrected chi connectivity index (χ3v) is 7.04. The number of ether oxygens (including phenoxy) is 2. The number of hydrogen-bond donors (Lipinski definition) is 3. The minimum atomic E-state index is -0.871. The summed E-state index contributed by atoms with van der Waals surface area (Å²) in [6.45, 7) is 11.1. The summed E-state index contributed by atoms with van der Waals surface area (Å²) in [5, 5.41) is 5.66. The minimum Gasteiger partial charge on any atom is -0.479 e. The number of hydrogen-bond acceptors (Lipinski definition) is 12. The lowest BCUT2D eigenvalue weighted by atomic mass is 9.88. The molecule has 0 spiro atoms. The molecule has 46 heavy (non-hydrogen) atoms. The van der Waals surface area contributed by atoms with Gasteiger partial charge in [0.1, 0.15) is 13.2 Å². The van der Waals surface area contributed by atoms with Crippen LogP contribution in [0.5, 0.6) is 0 Å². The fourth-order valence-corrected chi connectivity index (χ4v) is 4.07. The van der Waals surface area contributed by atoms with Gasteiger partial charge in [-0.2, -0.15) is 15.0 Å². The van der Waals surface area contributed by atoms with Crippen molar-refractivity contribution >= 4 is 58.5 Å². The van der Waals surface area contributed by atoms with Crippen LogP contribution in [-0.2, 0) is 28.7 Å². The van der Waals surface area contributed by atoms with Crippen LogP contribution in [-0.4, -0.2) is 44.2 Å². The smallest absolute Gasteiger partial charge is 0.411 e. The van der Waals surface area contributed by atoms with Gasteiger partial charge in [-0.3, -0.25) is 15.6 Å². The molecule has 1 unspecified atom stereocenters. The van der Waals surface area contributed by atoms with Crippen LogP contribution in [0.4, 0.5) is 38.9 Å². The quantitative estimate of drug-likeness (QED) is 0.0649. The fraction of sp³-hybridized carbons (Fsp3) is 0.273. The second-order valence-electron chi connectivity index (χ2n) is 10.4. The third-order valence-electron chi connectivity index (χ3n) is 7.04. The summed E-state index contributed by atoms with van der Waals surface area (Å²) in [7, 11) is 0. The van der Waals surface area contributed by atoms with E-state index in [9.17, 15) is 19.2 Å². The second-order valence-corrected chi connectivity index (χ2v) is 10.4. The van der Waals surface area contributed by atoms with Crippen molar-refractivity contribution in [3.05, 3.63) is 83.7 Å². The van der Waals surface area contributed by atoms with E-state index in [2.05, 4.69) is 37.7 Å². The second kappa shape index (κ2) is 16.9. The van der Waals surface area contributed by atoms with E-state index >= 15 is 0 Å². The first kappa shape index (κ1) is 34.7. The summed E-state index contributed by atoms with van der Waals surface area (Å²) in [5.74, 6) is 0.193. The minimum absolute atomic E-state index is 0.0206. The van der Waals surface area contributed by atoms with E-state index < -0.39 is 11.5 Å². The van der Waals surface area contributed by atoms with E-state index in [1.54, 1.807) is 55.5 Å². The molecule has 13 nitrogen and oxygen atoms in total. The Kier molecular flexibility index (Phi) is 12.7. The standard InChI is InChI=1S/C33H34N6O7/c1-6-33(18-46-39-28-12-9-24(4)31(15-28)36-21-42,16-44-25(5)37-26-10-7-22(2)29(13-26)34-19-40)17-45-32(43)38-27-11-8-23(3)30(14-27)35-20-41/h7-15,37,39H,5-6,16-18H2,1-4H3,(H,38,43). The van der Waals surface area contributed by atoms with Crippen molar-refractivity contribution < 1.29 is 33.5 Å². The van der Waals surface area contributed by atoms with Crippen LogP contribution in [0.15, 0.2) is 82.0 Å². The van der Waals surface area contributed by atoms with Gasteiger partial charge < -0.3 is 14.8 Å². The van der Waals surface area contributed by atoms with Gasteiger partial charge >= 0.3 is 6.09 Å². The highest BCUT2D eigenvalue weighted by Gasteiger charge is 2.33. The van der Waals surface area contributed by atoms with Gasteiger partial charge in [-0.25, -0.2) is 19.2 Å². The average Bonchev–Trinajstić information content (AvgIpc) is 3.03. The van der Waals surface area contributed by atoms with Gasteiger partial charge in [-0.1, -0.05) is 25.1 Å². The lowest BCUT2D eigenvalue weighted by Crippen LogP contribution is -2.39. The molecule has 3 rings (SSSR count). The van der Waals surface area contributed by atoms with Gasteiger partial charge in [0.2, 0.25) is 18.2 Å². The summed E-state index contributed by atoms with van der Waals surface area (Å²) in [6, 6.07) is 15.3. The van der Waals surface area contributed by atoms with Gasteiger partial charge in [-0.15, -0.1) is 0 Å². The van der Waals surface area contributed by atoms with Crippen LogP contribution >= 0.6 is 0 Å². The maximum Gasteiger partial charge on any atom is 0.411 e. The number of carbonyl (C=O) groups is 1. The number of isocyanates is 3. The van der Waals surface area contributed by atoms with Crippen LogP contribution in [0.1, 0.15) is 30.0 Å². The molecule has 0 aliphatic heterocycles. The van der Waals surface area contributed by atoms with Crippen molar-refractivity contribution in [2.24, 2.45) is 20.4 Å². The van der Waals surface area contributed by atoms with Gasteiger partial charge in [0.25, 0.3) is 0 Å². The number of nitrogens with one attached hydrogen (secondary N) is 3. The summed E-state index contributed by atoms with van der Waals surface area (Å²) >= 11 is 0. The number of anilines is 3. The van der Waals surface area contributed by atoms with Crippen molar-refractivity contribution in [2.45, 2.75) is 34.1 Å². The molecule has 1 amide bonds. The first-order valence-corrected chi connectivity index (χ1v) is 14.1. The molecule has 0 fully saturated rings. The SMILES string of the molecule is C=C(Nc1ccc(C)c(N=C=O)c1)OCC(CC)(CONc1ccc(C)c(N=C=O)c1)COC(=O)Nc1ccc(C)c(N=C=O)c1. The monoisotopic (exact) mass is 626 g/mol. The zero-order valence-electron chi connectivity index (χ0n) is 25.9. The first-order valence-electron chi connectivity index (χ1n) is 14.1. The Morgan fingerprint density at radius 2 is 1.17 bits per heavy atom. The Bertz CT molecular complexity index is 1640. The summed E-state index contributed by atoms with van der Waals surface area (Å²) in [5.41, 5.74) is 7.04. The predicted molar refractivity (Wildman–Crippen MR) is 173 cm³/mol. The molecule has 0 saturated carbocycles. The molecular formula is C33H34N6O7. The van der Waals surface area contributed by atoms with Gasteiger partial charge in [0.05, 0.1) is 34.8 Å². The normalized spacial score (nSPS) is 11.4. The number of amides is 1. The molecule has 0 radical (unpaired) electrons. The highest BCUT2D eigenvalue weighted by atomic mass is 16.6. The molecule has 3 aromatic rings. The molecule has 238 valence electrons. The average molecular weight is 627 g/mol. The van der Waals surface area contributed by atoms with E-state index in [1.165, 1.54) is 24.3 Å². The Labute approximate surface area is 266 Å². The third kappa shape index (κ3) is 10.1. The Morgan fingerprint density at radius 1 is 0.717 bits per heavy atom. The molecule has 1 atom stereocenters. The molecule has 0 aliphatic rings. The summed E-state index contributed by atoms with van der Waals surface area (Å²) in [4.78, 5) is 61.9. The molecule has 3 aromatic carbocycles.